The Balaban J connectivity index is 2.30. The van der Waals surface area contributed by atoms with Gasteiger partial charge < -0.3 is 9.84 Å². The van der Waals surface area contributed by atoms with Crippen LogP contribution in [-0.2, 0) is 4.74 Å². The predicted octanol–water partition coefficient (Wildman–Crippen LogP) is 1.03. The van der Waals surface area contributed by atoms with Crippen molar-refractivity contribution >= 4 is 11.8 Å². The molecule has 5 atom stereocenters. The van der Waals surface area contributed by atoms with Crippen LogP contribution in [0.3, 0.4) is 0 Å². The van der Waals surface area contributed by atoms with E-state index in [1.54, 1.807) is 11.8 Å². The number of thioether (sulfide) groups is 1. The number of hydrogen-bond acceptors (Lipinski definition) is 3. The van der Waals surface area contributed by atoms with Crippen LogP contribution in [0, 0.1) is 0 Å². The summed E-state index contributed by atoms with van der Waals surface area (Å²) in [5, 5.41) is 10.1. The van der Waals surface area contributed by atoms with Crippen LogP contribution < -0.4 is 0 Å². The highest BCUT2D eigenvalue weighted by Gasteiger charge is 2.58. The molecule has 64 valence electrons. The van der Waals surface area contributed by atoms with Gasteiger partial charge in [-0.05, 0) is 6.42 Å². The van der Waals surface area contributed by atoms with E-state index in [1.807, 2.05) is 6.92 Å². The Hall–Kier alpha value is 0.270. The molecule has 0 aromatic heterocycles. The lowest BCUT2D eigenvalue weighted by atomic mass is 9.91. The molecule has 0 spiro atoms. The van der Waals surface area contributed by atoms with E-state index < -0.39 is 18.3 Å². The highest BCUT2D eigenvalue weighted by Crippen LogP contribution is 2.50. The number of rotatable bonds is 1. The van der Waals surface area contributed by atoms with Gasteiger partial charge in [0.2, 0.25) is 0 Å². The number of aliphatic hydroxyl groups excluding tert-OH is 1. The van der Waals surface area contributed by atoms with E-state index in [4.69, 9.17) is 6.11 Å². The van der Waals surface area contributed by atoms with Crippen LogP contribution in [0.15, 0.2) is 0 Å². The summed E-state index contributed by atoms with van der Waals surface area (Å²) < 4.78 is 13.1. The standard InChI is InChI=1S/C8H14O2S/c1-3-8-5(2)11-6(4-10-8)7(8)9/h5-7,9H,3-4H2,1-2H3/t5-,6+,7+,8+/m1/s1/i4T/t4-,5+,6-,7-,8-/m0. The molecule has 2 bridgehead atoms. The fourth-order valence-corrected chi connectivity index (χ4v) is 3.55. The Morgan fingerprint density at radius 3 is 3.00 bits per heavy atom. The number of hydrogen-bond donors (Lipinski definition) is 1. The van der Waals surface area contributed by atoms with Crippen LogP contribution in [0.2, 0.25) is 0 Å². The van der Waals surface area contributed by atoms with Crippen molar-refractivity contribution in [3.05, 3.63) is 0 Å². The second kappa shape index (κ2) is 2.38. The first-order valence-electron chi connectivity index (χ1n) is 4.63. The van der Waals surface area contributed by atoms with Crippen LogP contribution in [-0.4, -0.2) is 33.9 Å². The Morgan fingerprint density at radius 1 is 1.91 bits per heavy atom. The van der Waals surface area contributed by atoms with E-state index in [0.717, 1.165) is 6.42 Å². The summed E-state index contributed by atoms with van der Waals surface area (Å²) in [6.45, 7) is 3.56. The SMILES string of the molecule is [3H][C@@H]1O[C@@]2(CC)[C@@H](C)S[C@@H]1[C@@H]2O. The van der Waals surface area contributed by atoms with Gasteiger partial charge in [-0.15, -0.1) is 11.8 Å². The first-order valence-corrected chi connectivity index (χ1v) is 4.99. The summed E-state index contributed by atoms with van der Waals surface area (Å²) in [6, 6.07) is 0. The molecule has 3 heteroatoms. The van der Waals surface area contributed by atoms with Gasteiger partial charge in [0.1, 0.15) is 5.60 Å². The third-order valence-corrected chi connectivity index (χ3v) is 4.33. The quantitative estimate of drug-likeness (QED) is 0.647. The zero-order valence-electron chi connectivity index (χ0n) is 7.78. The van der Waals surface area contributed by atoms with Crippen LogP contribution in [0.1, 0.15) is 21.6 Å². The number of ether oxygens (including phenoxy) is 1. The van der Waals surface area contributed by atoms with Crippen molar-refractivity contribution in [2.75, 3.05) is 6.58 Å². The normalized spacial score (nSPS) is 63.4. The van der Waals surface area contributed by atoms with E-state index in [2.05, 4.69) is 6.92 Å². The predicted molar refractivity (Wildman–Crippen MR) is 45.8 cm³/mol. The third kappa shape index (κ3) is 0.820. The van der Waals surface area contributed by atoms with Gasteiger partial charge in [0.25, 0.3) is 0 Å². The first kappa shape index (κ1) is 6.75. The minimum Gasteiger partial charge on any atom is -0.389 e. The van der Waals surface area contributed by atoms with E-state index >= 15 is 0 Å². The summed E-state index contributed by atoms with van der Waals surface area (Å²) >= 11 is 1.69. The average molecular weight is 176 g/mol. The molecule has 0 aromatic carbocycles. The summed E-state index contributed by atoms with van der Waals surface area (Å²) in [4.78, 5) is 0. The van der Waals surface area contributed by atoms with Gasteiger partial charge in [0.15, 0.2) is 0 Å². The van der Waals surface area contributed by atoms with Crippen molar-refractivity contribution in [3.8, 4) is 0 Å². The summed E-state index contributed by atoms with van der Waals surface area (Å²) in [7, 11) is 0. The van der Waals surface area contributed by atoms with Crippen molar-refractivity contribution in [2.45, 2.75) is 42.5 Å². The average Bonchev–Trinajstić information content (AvgIpc) is 2.41. The van der Waals surface area contributed by atoms with Gasteiger partial charge in [-0.2, -0.15) is 0 Å². The maximum atomic E-state index is 9.85. The van der Waals surface area contributed by atoms with Crippen molar-refractivity contribution in [3.63, 3.8) is 0 Å². The lowest BCUT2D eigenvalue weighted by Gasteiger charge is -2.31. The number of fused-ring (bicyclic) bond motifs is 2. The Morgan fingerprint density at radius 2 is 2.64 bits per heavy atom. The second-order valence-corrected chi connectivity index (χ2v) is 4.77. The highest BCUT2D eigenvalue weighted by atomic mass is 32.2. The molecule has 11 heavy (non-hydrogen) atoms. The highest BCUT2D eigenvalue weighted by molar-refractivity contribution is 8.01. The molecule has 2 fully saturated rings. The maximum absolute atomic E-state index is 9.85. The topological polar surface area (TPSA) is 29.5 Å². The van der Waals surface area contributed by atoms with Gasteiger partial charge >= 0.3 is 0 Å². The van der Waals surface area contributed by atoms with Crippen LogP contribution in [0.25, 0.3) is 0 Å². The molecule has 0 aliphatic carbocycles. The van der Waals surface area contributed by atoms with Gasteiger partial charge in [-0.3, -0.25) is 0 Å². The Labute approximate surface area is 72.7 Å². The maximum Gasteiger partial charge on any atom is 0.106 e. The summed E-state index contributed by atoms with van der Waals surface area (Å²) in [6.07, 6.45) is 0.360. The van der Waals surface area contributed by atoms with Crippen molar-refractivity contribution in [1.29, 1.82) is 0 Å². The molecular formula is C8H14O2S. The largest absolute Gasteiger partial charge is 0.389 e. The lowest BCUT2D eigenvalue weighted by molar-refractivity contribution is -0.0554. The fourth-order valence-electron chi connectivity index (χ4n) is 1.99. The van der Waals surface area contributed by atoms with Crippen molar-refractivity contribution < 1.29 is 11.2 Å². The molecule has 2 saturated heterocycles. The molecule has 2 rings (SSSR count). The Kier molecular flexibility index (Phi) is 1.46. The monoisotopic (exact) mass is 176 g/mol. The molecule has 1 N–H and O–H groups in total. The van der Waals surface area contributed by atoms with E-state index in [9.17, 15) is 5.11 Å². The van der Waals surface area contributed by atoms with E-state index in [-0.39, 0.29) is 5.25 Å². The molecule has 0 saturated carbocycles. The van der Waals surface area contributed by atoms with Gasteiger partial charge in [-0.25, -0.2) is 0 Å². The smallest absolute Gasteiger partial charge is 0.106 e. The van der Waals surface area contributed by atoms with E-state index in [0.29, 0.717) is 5.25 Å². The van der Waals surface area contributed by atoms with Gasteiger partial charge in [-0.1, -0.05) is 13.8 Å². The summed E-state index contributed by atoms with van der Waals surface area (Å²) in [5.41, 5.74) is -0.429. The molecule has 0 amide bonds. The van der Waals surface area contributed by atoms with Crippen LogP contribution in [0.4, 0.5) is 0 Å². The van der Waals surface area contributed by atoms with Gasteiger partial charge in [0.05, 0.1) is 19.3 Å². The second-order valence-electron chi connectivity index (χ2n) is 3.25. The minimum absolute atomic E-state index is 0.0278. The zero-order chi connectivity index (χ0) is 8.93. The third-order valence-electron chi connectivity index (χ3n) is 2.84. The first-order chi connectivity index (χ1) is 5.62. The molecular weight excluding hydrogens is 160 g/mol. The van der Waals surface area contributed by atoms with Crippen LogP contribution >= 0.6 is 11.8 Å². The molecule has 2 aliphatic heterocycles. The minimum atomic E-state index is -0.527. The lowest BCUT2D eigenvalue weighted by Crippen LogP contribution is -2.43. The molecule has 2 aliphatic rings. The fraction of sp³-hybridized carbons (Fsp3) is 1.00. The number of aliphatic hydroxyl groups is 1. The van der Waals surface area contributed by atoms with Crippen molar-refractivity contribution in [1.82, 2.24) is 0 Å². The molecule has 2 nitrogen and oxygen atoms in total. The van der Waals surface area contributed by atoms with Crippen molar-refractivity contribution in [2.24, 2.45) is 0 Å². The molecule has 0 radical (unpaired) electrons. The van der Waals surface area contributed by atoms with E-state index in [1.165, 1.54) is 0 Å². The Bertz CT molecular complexity index is 201. The molecule has 2 heterocycles. The van der Waals surface area contributed by atoms with Crippen LogP contribution in [0.5, 0.6) is 0 Å². The zero-order valence-corrected chi connectivity index (χ0v) is 7.60. The summed E-state index contributed by atoms with van der Waals surface area (Å²) in [5.74, 6) is 0. The molecule has 0 aromatic rings. The molecule has 0 unspecified atom stereocenters. The van der Waals surface area contributed by atoms with Gasteiger partial charge in [0, 0.05) is 5.25 Å².